The number of thiophene rings is 1. The predicted molar refractivity (Wildman–Crippen MR) is 120 cm³/mol. The van der Waals surface area contributed by atoms with Gasteiger partial charge in [0.1, 0.15) is 5.75 Å². The highest BCUT2D eigenvalue weighted by Gasteiger charge is 2.21. The van der Waals surface area contributed by atoms with Gasteiger partial charge in [0, 0.05) is 35.4 Å². The summed E-state index contributed by atoms with van der Waals surface area (Å²) >= 11 is 1.49. The summed E-state index contributed by atoms with van der Waals surface area (Å²) in [5.41, 5.74) is 3.07. The zero-order valence-electron chi connectivity index (χ0n) is 16.6. The highest BCUT2D eigenvalue weighted by Crippen LogP contribution is 2.30. The number of hydrogen-bond donors (Lipinski definition) is 2. The molecule has 1 atom stereocenters. The summed E-state index contributed by atoms with van der Waals surface area (Å²) in [6.45, 7) is 2.08. The smallest absolute Gasteiger partial charge is 0.265 e. The van der Waals surface area contributed by atoms with E-state index < -0.39 is 0 Å². The molecule has 150 valence electrons. The first kappa shape index (κ1) is 19.5. The fraction of sp³-hybridized carbons (Fsp3) is 0.261. The van der Waals surface area contributed by atoms with Gasteiger partial charge >= 0.3 is 0 Å². The lowest BCUT2D eigenvalue weighted by atomic mass is 10.2. The van der Waals surface area contributed by atoms with E-state index in [0.717, 1.165) is 41.4 Å². The molecule has 1 aliphatic rings. The van der Waals surface area contributed by atoms with Gasteiger partial charge in [0.2, 0.25) is 0 Å². The van der Waals surface area contributed by atoms with Crippen LogP contribution < -0.4 is 20.3 Å². The molecule has 1 aliphatic heterocycles. The first-order valence-corrected chi connectivity index (χ1v) is 10.6. The van der Waals surface area contributed by atoms with E-state index in [0.29, 0.717) is 10.9 Å². The van der Waals surface area contributed by atoms with Crippen LogP contribution in [-0.2, 0) is 0 Å². The lowest BCUT2D eigenvalue weighted by Gasteiger charge is -2.19. The maximum absolute atomic E-state index is 12.6. The molecule has 3 aromatic rings. The molecule has 5 nitrogen and oxygen atoms in total. The van der Waals surface area contributed by atoms with Crippen LogP contribution >= 0.6 is 11.3 Å². The van der Waals surface area contributed by atoms with Crippen molar-refractivity contribution in [1.29, 1.82) is 0 Å². The number of amides is 1. The number of methoxy groups -OCH3 is 1. The second kappa shape index (κ2) is 8.68. The largest absolute Gasteiger partial charge is 0.497 e. The van der Waals surface area contributed by atoms with E-state index in [1.165, 1.54) is 17.0 Å². The zero-order valence-corrected chi connectivity index (χ0v) is 17.5. The molecule has 29 heavy (non-hydrogen) atoms. The molecule has 6 heteroatoms. The number of likely N-dealkylation sites (N-methyl/N-ethyl adjacent to an activating group) is 1. The fourth-order valence-corrected chi connectivity index (χ4v) is 4.46. The number of carbonyl (C=O) groups excluding carboxylic acids is 1. The Bertz CT molecular complexity index is 967. The number of hydrogen-bond acceptors (Lipinski definition) is 5. The molecule has 1 saturated heterocycles. The monoisotopic (exact) mass is 407 g/mol. The third kappa shape index (κ3) is 4.44. The maximum Gasteiger partial charge on any atom is 0.265 e. The van der Waals surface area contributed by atoms with Crippen LogP contribution in [0.2, 0.25) is 0 Å². The molecular formula is C23H25N3O2S. The lowest BCUT2D eigenvalue weighted by molar-refractivity contribution is 0.103. The van der Waals surface area contributed by atoms with Gasteiger partial charge in [-0.3, -0.25) is 4.79 Å². The van der Waals surface area contributed by atoms with Crippen molar-refractivity contribution >= 4 is 28.6 Å². The molecule has 0 bridgehead atoms. The van der Waals surface area contributed by atoms with Crippen molar-refractivity contribution < 1.29 is 9.53 Å². The number of anilines is 2. The van der Waals surface area contributed by atoms with Crippen LogP contribution in [0.15, 0.2) is 60.7 Å². The van der Waals surface area contributed by atoms with Crippen molar-refractivity contribution in [2.24, 2.45) is 0 Å². The topological polar surface area (TPSA) is 53.6 Å². The Balaban J connectivity index is 1.40. The molecule has 0 spiro atoms. The first-order chi connectivity index (χ1) is 14.2. The number of nitrogens with one attached hydrogen (secondary N) is 2. The molecule has 2 N–H and O–H groups in total. The van der Waals surface area contributed by atoms with Crippen molar-refractivity contribution in [3.05, 3.63) is 65.5 Å². The van der Waals surface area contributed by atoms with Crippen molar-refractivity contribution in [1.82, 2.24) is 5.32 Å². The van der Waals surface area contributed by atoms with Crippen LogP contribution in [-0.4, -0.2) is 39.2 Å². The van der Waals surface area contributed by atoms with Gasteiger partial charge in [-0.15, -0.1) is 11.3 Å². The molecule has 2 aromatic carbocycles. The Morgan fingerprint density at radius 3 is 2.48 bits per heavy atom. The number of rotatable bonds is 6. The Kier molecular flexibility index (Phi) is 5.83. The molecule has 4 rings (SSSR count). The molecule has 1 unspecified atom stereocenters. The molecular weight excluding hydrogens is 382 g/mol. The number of ether oxygens (including phenoxy) is 1. The standard InChI is InChI=1S/C23H25N3O2S/c1-24-18-13-14-26(15-18)19-7-5-17(6-8-19)25-23(27)22-12-11-21(29-22)16-3-9-20(28-2)10-4-16/h3-12,18,24H,13-15H2,1-2H3,(H,25,27). The lowest BCUT2D eigenvalue weighted by Crippen LogP contribution is -2.29. The third-order valence-corrected chi connectivity index (χ3v) is 6.42. The fourth-order valence-electron chi connectivity index (χ4n) is 3.55. The highest BCUT2D eigenvalue weighted by atomic mass is 32.1. The Morgan fingerprint density at radius 2 is 1.83 bits per heavy atom. The van der Waals surface area contributed by atoms with Gasteiger partial charge in [-0.05, 0) is 79.7 Å². The molecule has 1 aromatic heterocycles. The van der Waals surface area contributed by atoms with Gasteiger partial charge in [0.05, 0.1) is 12.0 Å². The van der Waals surface area contributed by atoms with Crippen molar-refractivity contribution in [3.8, 4) is 16.2 Å². The minimum absolute atomic E-state index is 0.0843. The van der Waals surface area contributed by atoms with Crippen LogP contribution in [0.3, 0.4) is 0 Å². The van der Waals surface area contributed by atoms with Crippen LogP contribution in [0.5, 0.6) is 5.75 Å². The van der Waals surface area contributed by atoms with E-state index in [1.807, 2.05) is 55.6 Å². The van der Waals surface area contributed by atoms with Gasteiger partial charge in [-0.2, -0.15) is 0 Å². The quantitative estimate of drug-likeness (QED) is 0.633. The normalized spacial score (nSPS) is 16.1. The van der Waals surface area contributed by atoms with E-state index >= 15 is 0 Å². The summed E-state index contributed by atoms with van der Waals surface area (Å²) in [5, 5.41) is 6.33. The van der Waals surface area contributed by atoms with Crippen LogP contribution in [0, 0.1) is 0 Å². The average Bonchev–Trinajstić information content (AvgIpc) is 3.44. The summed E-state index contributed by atoms with van der Waals surface area (Å²) < 4.78 is 5.20. The summed E-state index contributed by atoms with van der Waals surface area (Å²) in [4.78, 5) is 16.8. The van der Waals surface area contributed by atoms with E-state index in [4.69, 9.17) is 4.74 Å². The van der Waals surface area contributed by atoms with Crippen LogP contribution in [0.25, 0.3) is 10.4 Å². The number of nitrogens with zero attached hydrogens (tertiary/aromatic N) is 1. The minimum atomic E-state index is -0.0843. The van der Waals surface area contributed by atoms with E-state index in [-0.39, 0.29) is 5.91 Å². The van der Waals surface area contributed by atoms with Gasteiger partial charge < -0.3 is 20.3 Å². The molecule has 0 aliphatic carbocycles. The van der Waals surface area contributed by atoms with Crippen molar-refractivity contribution in [2.45, 2.75) is 12.5 Å². The molecule has 1 amide bonds. The van der Waals surface area contributed by atoms with Crippen LogP contribution in [0.1, 0.15) is 16.1 Å². The second-order valence-electron chi connectivity index (χ2n) is 7.11. The summed E-state index contributed by atoms with van der Waals surface area (Å²) in [7, 11) is 3.66. The third-order valence-electron chi connectivity index (χ3n) is 5.29. The highest BCUT2D eigenvalue weighted by molar-refractivity contribution is 7.17. The summed E-state index contributed by atoms with van der Waals surface area (Å²) in [6.07, 6.45) is 1.16. The Hall–Kier alpha value is -2.83. The van der Waals surface area contributed by atoms with Gasteiger partial charge in [-0.1, -0.05) is 0 Å². The Morgan fingerprint density at radius 1 is 1.07 bits per heavy atom. The minimum Gasteiger partial charge on any atom is -0.497 e. The van der Waals surface area contributed by atoms with E-state index in [9.17, 15) is 4.79 Å². The van der Waals surface area contributed by atoms with Crippen LogP contribution in [0.4, 0.5) is 11.4 Å². The van der Waals surface area contributed by atoms with E-state index in [1.54, 1.807) is 7.11 Å². The summed E-state index contributed by atoms with van der Waals surface area (Å²) in [6, 6.07) is 20.3. The maximum atomic E-state index is 12.6. The van der Waals surface area contributed by atoms with Gasteiger partial charge in [0.25, 0.3) is 5.91 Å². The molecule has 2 heterocycles. The number of benzene rings is 2. The number of carbonyl (C=O) groups is 1. The SMILES string of the molecule is CNC1CCN(c2ccc(NC(=O)c3ccc(-c4ccc(OC)cc4)s3)cc2)C1. The van der Waals surface area contributed by atoms with Gasteiger partial charge in [0.15, 0.2) is 0 Å². The van der Waals surface area contributed by atoms with Crippen molar-refractivity contribution in [3.63, 3.8) is 0 Å². The summed E-state index contributed by atoms with van der Waals surface area (Å²) in [5.74, 6) is 0.737. The zero-order chi connectivity index (χ0) is 20.2. The Labute approximate surface area is 175 Å². The molecule has 0 saturated carbocycles. The van der Waals surface area contributed by atoms with E-state index in [2.05, 4.69) is 27.7 Å². The van der Waals surface area contributed by atoms with Gasteiger partial charge in [-0.25, -0.2) is 0 Å². The first-order valence-electron chi connectivity index (χ1n) is 9.74. The molecule has 1 fully saturated rings. The second-order valence-corrected chi connectivity index (χ2v) is 8.20. The average molecular weight is 408 g/mol. The predicted octanol–water partition coefficient (Wildman–Crippen LogP) is 4.47. The molecule has 0 radical (unpaired) electrons. The van der Waals surface area contributed by atoms with Crippen molar-refractivity contribution in [2.75, 3.05) is 37.5 Å².